The van der Waals surface area contributed by atoms with Crippen molar-refractivity contribution in [3.05, 3.63) is 47.0 Å². The van der Waals surface area contributed by atoms with Crippen molar-refractivity contribution in [2.45, 2.75) is 83.7 Å². The molecule has 1 spiro atoms. The third-order valence-corrected chi connectivity index (χ3v) is 9.85. The van der Waals surface area contributed by atoms with Gasteiger partial charge in [0.05, 0.1) is 0 Å². The number of carbonyl (C=O) groups excluding carboxylic acids is 2. The average molecular weight is 421 g/mol. The van der Waals surface area contributed by atoms with Gasteiger partial charge in [0.2, 0.25) is 0 Å². The van der Waals surface area contributed by atoms with E-state index in [9.17, 15) is 9.59 Å². The maximum Gasteiger partial charge on any atom is 0.306 e. The minimum Gasteiger partial charge on any atom is -0.466 e. The molecule has 2 saturated carbocycles. The highest BCUT2D eigenvalue weighted by Gasteiger charge is 2.66. The van der Waals surface area contributed by atoms with Crippen molar-refractivity contribution in [2.75, 3.05) is 0 Å². The van der Waals surface area contributed by atoms with E-state index in [2.05, 4.69) is 32.1 Å². The van der Waals surface area contributed by atoms with E-state index < -0.39 is 0 Å². The standard InChI is InChI=1S/C27H32O4/c1-16-4-5-22(30-16)19-15-17-14-18(28)6-10-25(17,2)20-7-11-26(3)21(24(19)20)8-12-27(26)13-9-23(29)31-27/h4-5,7,14,19,21,24H,6,8-13,15H2,1-3H3/t19?,21?,24?,25-,26-,27+/m0/s1. The Balaban J connectivity index is 1.50. The number of carbonyl (C=O) groups is 2. The Kier molecular flexibility index (Phi) is 3.94. The summed E-state index contributed by atoms with van der Waals surface area (Å²) < 4.78 is 12.3. The third-order valence-electron chi connectivity index (χ3n) is 9.85. The number of fused-ring (bicyclic) bond motifs is 6. The average Bonchev–Trinajstić information content (AvgIpc) is 3.41. The van der Waals surface area contributed by atoms with Gasteiger partial charge in [0.25, 0.3) is 0 Å². The van der Waals surface area contributed by atoms with Gasteiger partial charge in [-0.2, -0.15) is 0 Å². The Labute approximate surface area is 184 Å². The zero-order chi connectivity index (χ0) is 21.6. The first kappa shape index (κ1) is 19.6. The first-order chi connectivity index (χ1) is 14.8. The minimum absolute atomic E-state index is 0.0264. The molecule has 164 valence electrons. The summed E-state index contributed by atoms with van der Waals surface area (Å²) in [4.78, 5) is 24.5. The fourth-order valence-electron chi connectivity index (χ4n) is 8.08. The summed E-state index contributed by atoms with van der Waals surface area (Å²) in [7, 11) is 0. The largest absolute Gasteiger partial charge is 0.466 e. The predicted octanol–water partition coefficient (Wildman–Crippen LogP) is 5.81. The molecular weight excluding hydrogens is 388 g/mol. The van der Waals surface area contributed by atoms with Crippen LogP contribution in [0.2, 0.25) is 0 Å². The van der Waals surface area contributed by atoms with Crippen LogP contribution in [0.1, 0.15) is 82.7 Å². The molecule has 0 bridgehead atoms. The van der Waals surface area contributed by atoms with Crippen molar-refractivity contribution < 1.29 is 18.7 Å². The highest BCUT2D eigenvalue weighted by molar-refractivity contribution is 5.92. The quantitative estimate of drug-likeness (QED) is 0.425. The Morgan fingerprint density at radius 3 is 2.61 bits per heavy atom. The summed E-state index contributed by atoms with van der Waals surface area (Å²) in [6.45, 7) is 6.74. The normalized spacial score (nSPS) is 43.8. The molecule has 0 amide bonds. The Bertz CT molecular complexity index is 1040. The Hall–Kier alpha value is -2.10. The van der Waals surface area contributed by atoms with Crippen molar-refractivity contribution >= 4 is 11.8 Å². The number of furan rings is 1. The van der Waals surface area contributed by atoms with Gasteiger partial charge in [-0.15, -0.1) is 0 Å². The number of hydrogen-bond acceptors (Lipinski definition) is 4. The van der Waals surface area contributed by atoms with E-state index in [0.29, 0.717) is 24.7 Å². The van der Waals surface area contributed by atoms with Crippen LogP contribution >= 0.6 is 0 Å². The van der Waals surface area contributed by atoms with E-state index in [1.807, 2.05) is 13.0 Å². The van der Waals surface area contributed by atoms with Gasteiger partial charge >= 0.3 is 5.97 Å². The molecule has 31 heavy (non-hydrogen) atoms. The lowest BCUT2D eigenvalue weighted by Gasteiger charge is -2.56. The molecule has 4 nitrogen and oxygen atoms in total. The second-order valence-corrected chi connectivity index (χ2v) is 11.1. The van der Waals surface area contributed by atoms with Crippen LogP contribution in [0.25, 0.3) is 0 Å². The number of esters is 1. The highest BCUT2D eigenvalue weighted by atomic mass is 16.6. The molecule has 0 radical (unpaired) electrons. The van der Waals surface area contributed by atoms with Crippen LogP contribution in [0.4, 0.5) is 0 Å². The molecule has 1 saturated heterocycles. The molecule has 3 fully saturated rings. The molecule has 4 aliphatic carbocycles. The molecule has 1 aromatic heterocycles. The van der Waals surface area contributed by atoms with Crippen LogP contribution in [0.15, 0.2) is 39.8 Å². The molecule has 2 heterocycles. The molecule has 6 rings (SSSR count). The molecule has 0 aromatic carbocycles. The lowest BCUT2D eigenvalue weighted by molar-refractivity contribution is -0.160. The van der Waals surface area contributed by atoms with Crippen LogP contribution in [0, 0.1) is 29.6 Å². The van der Waals surface area contributed by atoms with Gasteiger partial charge in [-0.3, -0.25) is 9.59 Å². The Morgan fingerprint density at radius 1 is 1.06 bits per heavy atom. The molecule has 0 N–H and O–H groups in total. The number of rotatable bonds is 1. The number of aryl methyl sites for hydroxylation is 1. The van der Waals surface area contributed by atoms with E-state index >= 15 is 0 Å². The second-order valence-electron chi connectivity index (χ2n) is 11.1. The zero-order valence-electron chi connectivity index (χ0n) is 18.8. The van der Waals surface area contributed by atoms with Gasteiger partial charge in [0.1, 0.15) is 17.1 Å². The van der Waals surface area contributed by atoms with Crippen LogP contribution in [-0.2, 0) is 14.3 Å². The summed E-state index contributed by atoms with van der Waals surface area (Å²) in [5.74, 6) is 3.29. The van der Waals surface area contributed by atoms with Crippen LogP contribution < -0.4 is 0 Å². The van der Waals surface area contributed by atoms with Crippen LogP contribution in [-0.4, -0.2) is 17.4 Å². The van der Waals surface area contributed by atoms with Crippen molar-refractivity contribution in [3.63, 3.8) is 0 Å². The van der Waals surface area contributed by atoms with Crippen molar-refractivity contribution in [2.24, 2.45) is 22.7 Å². The molecule has 4 heteroatoms. The topological polar surface area (TPSA) is 56.5 Å². The molecule has 1 aliphatic heterocycles. The van der Waals surface area contributed by atoms with Crippen molar-refractivity contribution in [3.8, 4) is 0 Å². The van der Waals surface area contributed by atoms with Gasteiger partial charge in [-0.05, 0) is 75.5 Å². The zero-order valence-corrected chi connectivity index (χ0v) is 18.8. The summed E-state index contributed by atoms with van der Waals surface area (Å²) in [6, 6.07) is 4.20. The van der Waals surface area contributed by atoms with Crippen LogP contribution in [0.3, 0.4) is 0 Å². The maximum absolute atomic E-state index is 12.3. The number of allylic oxidation sites excluding steroid dienone is 4. The number of hydrogen-bond donors (Lipinski definition) is 0. The number of ether oxygens (including phenoxy) is 1. The third kappa shape index (κ3) is 2.48. The number of ketones is 1. The smallest absolute Gasteiger partial charge is 0.306 e. The lowest BCUT2D eigenvalue weighted by Crippen LogP contribution is -2.52. The molecule has 6 atom stereocenters. The van der Waals surface area contributed by atoms with E-state index in [1.54, 1.807) is 0 Å². The monoisotopic (exact) mass is 420 g/mol. The van der Waals surface area contributed by atoms with Gasteiger partial charge in [-0.25, -0.2) is 0 Å². The van der Waals surface area contributed by atoms with Gasteiger partial charge in [0.15, 0.2) is 5.78 Å². The fourth-order valence-corrected chi connectivity index (χ4v) is 8.08. The SMILES string of the molecule is Cc1ccc(C2CC3=CC(=O)CC[C@]3(C)C3=CC[C@@]4(C)C(CC[C@@]45CCC(=O)O5)C32)o1. The predicted molar refractivity (Wildman–Crippen MR) is 116 cm³/mol. The van der Waals surface area contributed by atoms with E-state index in [-0.39, 0.29) is 34.1 Å². The molecular formula is C27H32O4. The van der Waals surface area contributed by atoms with Crippen molar-refractivity contribution in [1.29, 1.82) is 0 Å². The highest BCUT2D eigenvalue weighted by Crippen LogP contribution is 2.70. The van der Waals surface area contributed by atoms with Gasteiger partial charge in [0, 0.05) is 29.6 Å². The van der Waals surface area contributed by atoms with E-state index in [1.165, 1.54) is 11.1 Å². The summed E-state index contributed by atoms with van der Waals surface area (Å²) in [6.07, 6.45) is 11.3. The molecule has 3 unspecified atom stereocenters. The summed E-state index contributed by atoms with van der Waals surface area (Å²) in [5, 5.41) is 0. The first-order valence-electron chi connectivity index (χ1n) is 12.0. The van der Waals surface area contributed by atoms with E-state index in [0.717, 1.165) is 50.0 Å². The van der Waals surface area contributed by atoms with Gasteiger partial charge < -0.3 is 9.15 Å². The van der Waals surface area contributed by atoms with Crippen LogP contribution in [0.5, 0.6) is 0 Å². The van der Waals surface area contributed by atoms with E-state index in [4.69, 9.17) is 9.15 Å². The molecule has 5 aliphatic rings. The summed E-state index contributed by atoms with van der Waals surface area (Å²) >= 11 is 0. The lowest BCUT2D eigenvalue weighted by atomic mass is 9.48. The molecule has 1 aromatic rings. The van der Waals surface area contributed by atoms with Crippen molar-refractivity contribution in [1.82, 2.24) is 0 Å². The minimum atomic E-state index is -0.306. The maximum atomic E-state index is 12.3. The second kappa shape index (κ2) is 6.24. The summed E-state index contributed by atoms with van der Waals surface area (Å²) in [5.41, 5.74) is 2.43. The first-order valence-corrected chi connectivity index (χ1v) is 12.0. The fraction of sp³-hybridized carbons (Fsp3) is 0.630. The van der Waals surface area contributed by atoms with Gasteiger partial charge in [-0.1, -0.05) is 31.1 Å². The Morgan fingerprint density at radius 2 is 1.90 bits per heavy atom.